The van der Waals surface area contributed by atoms with E-state index in [4.69, 9.17) is 4.74 Å². The number of anilines is 1. The first kappa shape index (κ1) is 21.8. The van der Waals surface area contributed by atoms with Crippen LogP contribution in [-0.2, 0) is 17.6 Å². The van der Waals surface area contributed by atoms with Gasteiger partial charge in [0.25, 0.3) is 11.6 Å². The summed E-state index contributed by atoms with van der Waals surface area (Å²) in [6, 6.07) is 7.83. The Bertz CT molecular complexity index is 999. The molecule has 7 nitrogen and oxygen atoms in total. The Morgan fingerprint density at radius 3 is 2.60 bits per heavy atom. The van der Waals surface area contributed by atoms with Crippen molar-refractivity contribution < 1.29 is 14.5 Å². The number of benzene rings is 1. The van der Waals surface area contributed by atoms with Gasteiger partial charge in [-0.1, -0.05) is 20.8 Å². The van der Waals surface area contributed by atoms with E-state index in [0.717, 1.165) is 24.8 Å². The first-order chi connectivity index (χ1) is 14.1. The third-order valence-electron chi connectivity index (χ3n) is 5.57. The molecule has 0 saturated carbocycles. The Kier molecular flexibility index (Phi) is 6.13. The van der Waals surface area contributed by atoms with Gasteiger partial charge in [-0.15, -0.1) is 11.3 Å². The summed E-state index contributed by atoms with van der Waals surface area (Å²) in [7, 11) is 0. The molecule has 1 aromatic carbocycles. The fourth-order valence-corrected chi connectivity index (χ4v) is 4.93. The Hall–Kier alpha value is -2.92. The monoisotopic (exact) mass is 427 g/mol. The summed E-state index contributed by atoms with van der Waals surface area (Å²) in [5, 5.41) is 23.8. The van der Waals surface area contributed by atoms with Crippen molar-refractivity contribution in [3.8, 4) is 11.8 Å². The lowest BCUT2D eigenvalue weighted by atomic mass is 9.72. The number of carbonyl (C=O) groups excluding carboxylic acids is 1. The summed E-state index contributed by atoms with van der Waals surface area (Å²) in [5.41, 5.74) is 1.77. The molecule has 0 bridgehead atoms. The quantitative estimate of drug-likeness (QED) is 0.529. The molecule has 0 fully saturated rings. The standard InChI is InChI=1S/C22H25N3O4S/c1-13(29-16-8-6-15(7-9-16)25(27)28)20(26)24-21-18(12-23)17-10-5-14(22(2,3)4)11-19(17)30-21/h6-9,13-14H,5,10-11H2,1-4H3,(H,24,26)/t13-,14-/m0/s1. The number of nitrogens with zero attached hydrogens (tertiary/aromatic N) is 2. The van der Waals surface area contributed by atoms with E-state index in [0.29, 0.717) is 22.2 Å². The van der Waals surface area contributed by atoms with Gasteiger partial charge in [0.2, 0.25) is 0 Å². The second-order valence-corrected chi connectivity index (χ2v) is 9.73. The number of thiophene rings is 1. The van der Waals surface area contributed by atoms with Gasteiger partial charge >= 0.3 is 0 Å². The molecule has 0 radical (unpaired) electrons. The van der Waals surface area contributed by atoms with E-state index < -0.39 is 11.0 Å². The predicted octanol–water partition coefficient (Wildman–Crippen LogP) is 5.08. The molecule has 0 spiro atoms. The molecule has 2 atom stereocenters. The molecular formula is C22H25N3O4S. The fraction of sp³-hybridized carbons (Fsp3) is 0.455. The number of hydrogen-bond acceptors (Lipinski definition) is 6. The number of hydrogen-bond donors (Lipinski definition) is 1. The summed E-state index contributed by atoms with van der Waals surface area (Å²) >= 11 is 1.48. The maximum atomic E-state index is 12.6. The largest absolute Gasteiger partial charge is 0.481 e. The van der Waals surface area contributed by atoms with E-state index in [1.54, 1.807) is 6.92 Å². The highest BCUT2D eigenvalue weighted by atomic mass is 32.1. The summed E-state index contributed by atoms with van der Waals surface area (Å²) < 4.78 is 5.61. The molecule has 0 unspecified atom stereocenters. The number of nitrogens with one attached hydrogen (secondary N) is 1. The van der Waals surface area contributed by atoms with Crippen LogP contribution in [-0.4, -0.2) is 16.9 Å². The van der Waals surface area contributed by atoms with Crippen LogP contribution in [0.3, 0.4) is 0 Å². The lowest BCUT2D eigenvalue weighted by molar-refractivity contribution is -0.384. The normalized spacial score (nSPS) is 16.8. The molecule has 1 aliphatic carbocycles. The Labute approximate surface area is 179 Å². The molecule has 1 N–H and O–H groups in total. The minimum absolute atomic E-state index is 0.0455. The number of nitro groups is 1. The van der Waals surface area contributed by atoms with Crippen molar-refractivity contribution in [1.82, 2.24) is 0 Å². The van der Waals surface area contributed by atoms with E-state index in [1.165, 1.54) is 40.5 Å². The molecule has 30 heavy (non-hydrogen) atoms. The zero-order valence-corrected chi connectivity index (χ0v) is 18.3. The van der Waals surface area contributed by atoms with Crippen LogP contribution in [0.5, 0.6) is 5.75 Å². The van der Waals surface area contributed by atoms with Crippen LogP contribution < -0.4 is 10.1 Å². The van der Waals surface area contributed by atoms with Crippen molar-refractivity contribution in [2.24, 2.45) is 11.3 Å². The van der Waals surface area contributed by atoms with E-state index in [2.05, 4.69) is 32.2 Å². The summed E-state index contributed by atoms with van der Waals surface area (Å²) in [6.45, 7) is 8.32. The van der Waals surface area contributed by atoms with Gasteiger partial charge in [0.1, 0.15) is 16.8 Å². The van der Waals surface area contributed by atoms with Crippen molar-refractivity contribution in [2.75, 3.05) is 5.32 Å². The van der Waals surface area contributed by atoms with E-state index in [-0.39, 0.29) is 17.0 Å². The number of nitriles is 1. The topological polar surface area (TPSA) is 105 Å². The maximum Gasteiger partial charge on any atom is 0.269 e. The highest BCUT2D eigenvalue weighted by Crippen LogP contribution is 2.44. The minimum Gasteiger partial charge on any atom is -0.481 e. The third kappa shape index (κ3) is 4.62. The number of amides is 1. The first-order valence-electron chi connectivity index (χ1n) is 9.86. The molecule has 8 heteroatoms. The molecule has 3 rings (SSSR count). The van der Waals surface area contributed by atoms with Gasteiger partial charge in [0.15, 0.2) is 6.10 Å². The molecule has 0 aliphatic heterocycles. The Balaban J connectivity index is 1.71. The second kappa shape index (κ2) is 8.44. The molecule has 1 amide bonds. The van der Waals surface area contributed by atoms with Crippen LogP contribution in [0.4, 0.5) is 10.7 Å². The van der Waals surface area contributed by atoms with Gasteiger partial charge in [-0.05, 0) is 55.2 Å². The fourth-order valence-electron chi connectivity index (χ4n) is 3.65. The van der Waals surface area contributed by atoms with Crippen molar-refractivity contribution in [3.63, 3.8) is 0 Å². The number of carbonyl (C=O) groups is 1. The highest BCUT2D eigenvalue weighted by molar-refractivity contribution is 7.16. The number of rotatable bonds is 5. The van der Waals surface area contributed by atoms with Crippen LogP contribution in [0.15, 0.2) is 24.3 Å². The van der Waals surface area contributed by atoms with E-state index >= 15 is 0 Å². The summed E-state index contributed by atoms with van der Waals surface area (Å²) in [5.74, 6) is 0.543. The zero-order chi connectivity index (χ0) is 22.1. The van der Waals surface area contributed by atoms with Crippen molar-refractivity contribution in [2.45, 2.75) is 53.1 Å². The Morgan fingerprint density at radius 2 is 2.03 bits per heavy atom. The third-order valence-corrected chi connectivity index (χ3v) is 6.74. The lowest BCUT2D eigenvalue weighted by Crippen LogP contribution is -2.30. The van der Waals surface area contributed by atoms with Gasteiger partial charge in [-0.25, -0.2) is 0 Å². The first-order valence-corrected chi connectivity index (χ1v) is 10.7. The number of nitro benzene ring substituents is 1. The van der Waals surface area contributed by atoms with Crippen LogP contribution in [0.1, 0.15) is 50.1 Å². The predicted molar refractivity (Wildman–Crippen MR) is 116 cm³/mol. The van der Waals surface area contributed by atoms with E-state index in [1.807, 2.05) is 0 Å². The lowest BCUT2D eigenvalue weighted by Gasteiger charge is -2.33. The zero-order valence-electron chi connectivity index (χ0n) is 17.5. The second-order valence-electron chi connectivity index (χ2n) is 8.63. The van der Waals surface area contributed by atoms with Gasteiger partial charge in [0.05, 0.1) is 10.5 Å². The van der Waals surface area contributed by atoms with Gasteiger partial charge < -0.3 is 10.1 Å². The maximum absolute atomic E-state index is 12.6. The van der Waals surface area contributed by atoms with Gasteiger partial charge in [-0.2, -0.15) is 5.26 Å². The van der Waals surface area contributed by atoms with Crippen LogP contribution in [0.25, 0.3) is 0 Å². The summed E-state index contributed by atoms with van der Waals surface area (Å²) in [6.07, 6.45) is 1.98. The molecule has 1 aliphatic rings. The molecule has 2 aromatic rings. The van der Waals surface area contributed by atoms with Crippen LogP contribution in [0, 0.1) is 32.8 Å². The van der Waals surface area contributed by atoms with Gasteiger partial charge in [-0.3, -0.25) is 14.9 Å². The smallest absolute Gasteiger partial charge is 0.269 e. The average Bonchev–Trinajstić information content (AvgIpc) is 3.03. The highest BCUT2D eigenvalue weighted by Gasteiger charge is 2.32. The van der Waals surface area contributed by atoms with Crippen molar-refractivity contribution in [3.05, 3.63) is 50.4 Å². The van der Waals surface area contributed by atoms with Crippen molar-refractivity contribution in [1.29, 1.82) is 5.26 Å². The minimum atomic E-state index is -0.820. The molecule has 1 aromatic heterocycles. The summed E-state index contributed by atoms with van der Waals surface area (Å²) in [4.78, 5) is 24.1. The van der Waals surface area contributed by atoms with Crippen LogP contribution >= 0.6 is 11.3 Å². The molecule has 1 heterocycles. The SMILES string of the molecule is C[C@H](Oc1ccc([N+](=O)[O-])cc1)C(=O)Nc1sc2c(c1C#N)CC[C@H](C(C)(C)C)C2. The number of fused-ring (bicyclic) bond motifs is 1. The number of ether oxygens (including phenoxy) is 1. The van der Waals surface area contributed by atoms with Crippen molar-refractivity contribution >= 4 is 27.9 Å². The Morgan fingerprint density at radius 1 is 1.37 bits per heavy atom. The van der Waals surface area contributed by atoms with Crippen LogP contribution in [0.2, 0.25) is 0 Å². The molecular weight excluding hydrogens is 402 g/mol. The van der Waals surface area contributed by atoms with Gasteiger partial charge in [0, 0.05) is 17.0 Å². The number of non-ortho nitro benzene ring substituents is 1. The van der Waals surface area contributed by atoms with E-state index in [9.17, 15) is 20.2 Å². The molecule has 158 valence electrons. The average molecular weight is 428 g/mol. The molecule has 0 saturated heterocycles.